The highest BCUT2D eigenvalue weighted by Crippen LogP contribution is 2.39. The Morgan fingerprint density at radius 1 is 1.21 bits per heavy atom. The number of likely N-dealkylation sites (N-methyl/N-ethyl adjacent to an activating group) is 1. The molecule has 0 saturated heterocycles. The van der Waals surface area contributed by atoms with Gasteiger partial charge in [0.05, 0.1) is 16.1 Å². The molecule has 108 valence electrons. The molecule has 0 saturated carbocycles. The number of aliphatic hydroxyl groups is 1. The molecule has 0 radical (unpaired) electrons. The Bertz CT molecular complexity index is 421. The van der Waals surface area contributed by atoms with Gasteiger partial charge < -0.3 is 5.11 Å². The summed E-state index contributed by atoms with van der Waals surface area (Å²) in [5.41, 5.74) is 0.350. The minimum atomic E-state index is -0.663. The van der Waals surface area contributed by atoms with E-state index in [0.29, 0.717) is 15.6 Å². The number of aliphatic hydroxyl groups excluding tert-OH is 1. The largest absolute Gasteiger partial charge is 0.386 e. The molecule has 0 aliphatic carbocycles. The first-order valence-electron chi connectivity index (χ1n) is 6.79. The Hall–Kier alpha value is -0.280. The van der Waals surface area contributed by atoms with Crippen molar-refractivity contribution in [2.45, 2.75) is 45.8 Å². The average molecular weight is 304 g/mol. The Morgan fingerprint density at radius 2 is 1.79 bits per heavy atom. The lowest BCUT2D eigenvalue weighted by atomic mass is 9.85. The van der Waals surface area contributed by atoms with E-state index in [9.17, 15) is 5.11 Å². The van der Waals surface area contributed by atoms with Crippen LogP contribution in [0.5, 0.6) is 0 Å². The van der Waals surface area contributed by atoms with E-state index in [1.807, 2.05) is 12.1 Å². The van der Waals surface area contributed by atoms with Gasteiger partial charge in [0.2, 0.25) is 0 Å². The predicted octanol–water partition coefficient (Wildman–Crippen LogP) is 4.54. The molecule has 2 atom stereocenters. The summed E-state index contributed by atoms with van der Waals surface area (Å²) in [5, 5.41) is 11.7. The Balaban J connectivity index is 3.21. The molecular weight excluding hydrogens is 281 g/mol. The third kappa shape index (κ3) is 3.25. The van der Waals surface area contributed by atoms with Gasteiger partial charge in [-0.15, -0.1) is 0 Å². The molecule has 0 heterocycles. The molecule has 1 aromatic rings. The first-order chi connectivity index (χ1) is 8.92. The number of hydrogen-bond donors (Lipinski definition) is 1. The lowest BCUT2D eigenvalue weighted by molar-refractivity contribution is -0.0213. The van der Waals surface area contributed by atoms with Crippen molar-refractivity contribution in [3.8, 4) is 0 Å². The van der Waals surface area contributed by atoms with E-state index < -0.39 is 6.10 Å². The molecule has 0 amide bonds. The molecule has 0 aliphatic heterocycles. The molecule has 0 bridgehead atoms. The van der Waals surface area contributed by atoms with Gasteiger partial charge in [-0.3, -0.25) is 4.90 Å². The molecule has 1 aromatic carbocycles. The third-order valence-electron chi connectivity index (χ3n) is 4.07. The summed E-state index contributed by atoms with van der Waals surface area (Å²) in [4.78, 5) is 2.26. The standard InChI is InChI=1S/C15H23Cl2NO/c1-5-15(4,18(6-2)7-3)14(19)11-9-8-10-12(16)13(11)17/h8-10,14,19H,5-7H2,1-4H3. The van der Waals surface area contributed by atoms with Crippen LogP contribution >= 0.6 is 23.2 Å². The van der Waals surface area contributed by atoms with Gasteiger partial charge >= 0.3 is 0 Å². The van der Waals surface area contributed by atoms with Crippen LogP contribution in [0.15, 0.2) is 18.2 Å². The van der Waals surface area contributed by atoms with E-state index in [1.165, 1.54) is 0 Å². The van der Waals surface area contributed by atoms with Gasteiger partial charge in [0, 0.05) is 11.1 Å². The van der Waals surface area contributed by atoms with Crippen molar-refractivity contribution < 1.29 is 5.11 Å². The number of hydrogen-bond acceptors (Lipinski definition) is 2. The maximum absolute atomic E-state index is 10.8. The fraction of sp³-hybridized carbons (Fsp3) is 0.600. The summed E-state index contributed by atoms with van der Waals surface area (Å²) in [7, 11) is 0. The van der Waals surface area contributed by atoms with Crippen LogP contribution in [0.1, 0.15) is 45.8 Å². The van der Waals surface area contributed by atoms with Crippen LogP contribution in [0.3, 0.4) is 0 Å². The number of benzene rings is 1. The lowest BCUT2D eigenvalue weighted by Gasteiger charge is -2.43. The smallest absolute Gasteiger partial charge is 0.0985 e. The molecule has 2 nitrogen and oxygen atoms in total. The molecule has 0 spiro atoms. The van der Waals surface area contributed by atoms with Crippen LogP contribution in [-0.2, 0) is 0 Å². The fourth-order valence-corrected chi connectivity index (χ4v) is 3.01. The van der Waals surface area contributed by atoms with Gasteiger partial charge in [0.25, 0.3) is 0 Å². The van der Waals surface area contributed by atoms with Crippen molar-refractivity contribution in [3.05, 3.63) is 33.8 Å². The van der Waals surface area contributed by atoms with Crippen molar-refractivity contribution in [2.24, 2.45) is 0 Å². The number of nitrogens with zero attached hydrogens (tertiary/aromatic N) is 1. The highest BCUT2D eigenvalue weighted by Gasteiger charge is 2.37. The molecule has 2 unspecified atom stereocenters. The van der Waals surface area contributed by atoms with Gasteiger partial charge in [-0.1, -0.05) is 56.1 Å². The lowest BCUT2D eigenvalue weighted by Crippen LogP contribution is -2.50. The molecular formula is C15H23Cl2NO. The fourth-order valence-electron chi connectivity index (χ4n) is 2.60. The van der Waals surface area contributed by atoms with E-state index in [4.69, 9.17) is 23.2 Å². The first-order valence-corrected chi connectivity index (χ1v) is 7.54. The highest BCUT2D eigenvalue weighted by molar-refractivity contribution is 6.42. The van der Waals surface area contributed by atoms with E-state index in [1.54, 1.807) is 6.07 Å². The predicted molar refractivity (Wildman–Crippen MR) is 83.0 cm³/mol. The van der Waals surface area contributed by atoms with Crippen LogP contribution < -0.4 is 0 Å². The van der Waals surface area contributed by atoms with Crippen molar-refractivity contribution in [1.29, 1.82) is 0 Å². The second-order valence-corrected chi connectivity index (χ2v) is 5.71. The van der Waals surface area contributed by atoms with Gasteiger partial charge in [0.1, 0.15) is 0 Å². The van der Waals surface area contributed by atoms with Crippen molar-refractivity contribution in [3.63, 3.8) is 0 Å². The van der Waals surface area contributed by atoms with Crippen LogP contribution in [0.4, 0.5) is 0 Å². The first kappa shape index (κ1) is 16.8. The summed E-state index contributed by atoms with van der Waals surface area (Å²) >= 11 is 12.3. The van der Waals surface area contributed by atoms with E-state index in [0.717, 1.165) is 19.5 Å². The Kier molecular flexibility index (Phi) is 6.13. The van der Waals surface area contributed by atoms with Gasteiger partial charge in [-0.25, -0.2) is 0 Å². The Morgan fingerprint density at radius 3 is 2.26 bits per heavy atom. The topological polar surface area (TPSA) is 23.5 Å². The zero-order chi connectivity index (χ0) is 14.6. The Labute approximate surface area is 126 Å². The maximum Gasteiger partial charge on any atom is 0.0985 e. The molecule has 19 heavy (non-hydrogen) atoms. The van der Waals surface area contributed by atoms with E-state index >= 15 is 0 Å². The van der Waals surface area contributed by atoms with E-state index in [2.05, 4.69) is 32.6 Å². The van der Waals surface area contributed by atoms with Gasteiger partial charge in [0.15, 0.2) is 0 Å². The molecule has 0 fully saturated rings. The number of halogens is 2. The minimum Gasteiger partial charge on any atom is -0.386 e. The zero-order valence-electron chi connectivity index (χ0n) is 12.1. The van der Waals surface area contributed by atoms with Crippen molar-refractivity contribution >= 4 is 23.2 Å². The molecule has 1 N–H and O–H groups in total. The zero-order valence-corrected chi connectivity index (χ0v) is 13.6. The van der Waals surface area contributed by atoms with Crippen LogP contribution in [0, 0.1) is 0 Å². The van der Waals surface area contributed by atoms with Gasteiger partial charge in [-0.05, 0) is 32.5 Å². The highest BCUT2D eigenvalue weighted by atomic mass is 35.5. The van der Waals surface area contributed by atoms with E-state index in [-0.39, 0.29) is 5.54 Å². The monoisotopic (exact) mass is 303 g/mol. The summed E-state index contributed by atoms with van der Waals surface area (Å²) in [6.45, 7) is 10.1. The quantitative estimate of drug-likeness (QED) is 0.834. The number of rotatable bonds is 6. The average Bonchev–Trinajstić information content (AvgIpc) is 2.42. The summed E-state index contributed by atoms with van der Waals surface area (Å²) in [6, 6.07) is 5.40. The molecule has 0 aliphatic rings. The van der Waals surface area contributed by atoms with Crippen molar-refractivity contribution in [2.75, 3.05) is 13.1 Å². The SMILES string of the molecule is CCN(CC)C(C)(CC)C(O)c1cccc(Cl)c1Cl. The summed E-state index contributed by atoms with van der Waals surface area (Å²) in [6.07, 6.45) is 0.169. The van der Waals surface area contributed by atoms with Crippen LogP contribution in [0.25, 0.3) is 0 Å². The van der Waals surface area contributed by atoms with Crippen LogP contribution in [-0.4, -0.2) is 28.6 Å². The third-order valence-corrected chi connectivity index (χ3v) is 4.90. The molecule has 0 aromatic heterocycles. The molecule has 1 rings (SSSR count). The summed E-state index contributed by atoms with van der Waals surface area (Å²) < 4.78 is 0. The molecule has 4 heteroatoms. The van der Waals surface area contributed by atoms with Gasteiger partial charge in [-0.2, -0.15) is 0 Å². The van der Waals surface area contributed by atoms with Crippen LogP contribution in [0.2, 0.25) is 10.0 Å². The second-order valence-electron chi connectivity index (χ2n) is 4.93. The second kappa shape index (κ2) is 6.94. The summed E-state index contributed by atoms with van der Waals surface area (Å²) in [5.74, 6) is 0. The maximum atomic E-state index is 10.8. The van der Waals surface area contributed by atoms with Crippen molar-refractivity contribution in [1.82, 2.24) is 4.90 Å². The normalized spacial score (nSPS) is 16.4. The minimum absolute atomic E-state index is 0.349.